The van der Waals surface area contributed by atoms with E-state index in [4.69, 9.17) is 9.15 Å². The van der Waals surface area contributed by atoms with Gasteiger partial charge in [-0.25, -0.2) is 0 Å². The molecule has 0 bridgehead atoms. The minimum Gasteiger partial charge on any atom is -0.486 e. The third-order valence-electron chi connectivity index (χ3n) is 3.88. The van der Waals surface area contributed by atoms with Gasteiger partial charge in [0.1, 0.15) is 23.9 Å². The van der Waals surface area contributed by atoms with Crippen LogP contribution >= 0.6 is 0 Å². The number of ether oxygens (including phenoxy) is 1. The molecule has 2 aromatic carbocycles. The van der Waals surface area contributed by atoms with Crippen LogP contribution in [0.4, 0.5) is 11.4 Å². The van der Waals surface area contributed by atoms with E-state index in [0.29, 0.717) is 17.3 Å². The van der Waals surface area contributed by atoms with E-state index in [1.165, 1.54) is 54.6 Å². The van der Waals surface area contributed by atoms with Gasteiger partial charge in [0.05, 0.1) is 15.4 Å². The number of ketones is 1. The molecule has 3 aromatic rings. The Bertz CT molecular complexity index is 1080. The maximum atomic E-state index is 12.2. The molecule has 1 aromatic heterocycles. The molecule has 0 N–H and O–H groups in total. The van der Waals surface area contributed by atoms with Crippen molar-refractivity contribution in [3.63, 3.8) is 0 Å². The largest absolute Gasteiger partial charge is 0.486 e. The van der Waals surface area contributed by atoms with Gasteiger partial charge in [-0.05, 0) is 42.5 Å². The van der Waals surface area contributed by atoms with Crippen molar-refractivity contribution in [3.8, 4) is 5.75 Å². The molecule has 0 atom stereocenters. The number of para-hydroxylation sites is 1. The van der Waals surface area contributed by atoms with Gasteiger partial charge in [-0.1, -0.05) is 12.1 Å². The fraction of sp³-hybridized carbons (Fsp3) is 0.0500. The molecule has 0 spiro atoms. The first-order valence-electron chi connectivity index (χ1n) is 8.36. The molecule has 0 unspecified atom stereocenters. The number of benzene rings is 2. The number of carbonyl (C=O) groups excluding carboxylic acids is 1. The number of nitro groups is 2. The second-order valence-electron chi connectivity index (χ2n) is 5.82. The summed E-state index contributed by atoms with van der Waals surface area (Å²) >= 11 is 0. The highest BCUT2D eigenvalue weighted by Gasteiger charge is 2.17. The smallest absolute Gasteiger partial charge is 0.280 e. The van der Waals surface area contributed by atoms with Gasteiger partial charge in [0.15, 0.2) is 5.78 Å². The summed E-state index contributed by atoms with van der Waals surface area (Å²) in [5, 5.41) is 21.6. The number of non-ortho nitro benzene ring substituents is 1. The van der Waals surface area contributed by atoms with Gasteiger partial charge in [-0.15, -0.1) is 0 Å². The zero-order chi connectivity index (χ0) is 20.8. The van der Waals surface area contributed by atoms with Gasteiger partial charge in [-0.3, -0.25) is 25.0 Å². The monoisotopic (exact) mass is 394 g/mol. The standard InChI is InChI=1S/C20H14N2O7/c23-20(18-3-1-2-4-19(18)22(26)27)12-11-16-9-10-17(29-16)13-28-15-7-5-14(6-8-15)21(24)25/h1-12H,13H2/b12-11+. The summed E-state index contributed by atoms with van der Waals surface area (Å²) in [5.41, 5.74) is -0.313. The second-order valence-corrected chi connectivity index (χ2v) is 5.82. The second kappa shape index (κ2) is 8.61. The van der Waals surface area contributed by atoms with Crippen molar-refractivity contribution >= 4 is 23.2 Å². The van der Waals surface area contributed by atoms with Crippen molar-refractivity contribution in [2.75, 3.05) is 0 Å². The van der Waals surface area contributed by atoms with Crippen molar-refractivity contribution in [1.82, 2.24) is 0 Å². The Balaban J connectivity index is 1.62. The highest BCUT2D eigenvalue weighted by Crippen LogP contribution is 2.21. The molecule has 0 aliphatic heterocycles. The van der Waals surface area contributed by atoms with Crippen LogP contribution < -0.4 is 4.74 Å². The predicted molar refractivity (Wildman–Crippen MR) is 103 cm³/mol. The van der Waals surface area contributed by atoms with Crippen LogP contribution in [0.2, 0.25) is 0 Å². The molecular weight excluding hydrogens is 380 g/mol. The van der Waals surface area contributed by atoms with Gasteiger partial charge >= 0.3 is 0 Å². The average Bonchev–Trinajstić information content (AvgIpc) is 3.18. The number of furan rings is 1. The number of nitrogens with zero attached hydrogens (tertiary/aromatic N) is 2. The predicted octanol–water partition coefficient (Wildman–Crippen LogP) is 4.57. The molecule has 0 saturated heterocycles. The Morgan fingerprint density at radius 3 is 2.38 bits per heavy atom. The Labute approximate surface area is 164 Å². The van der Waals surface area contributed by atoms with E-state index in [1.54, 1.807) is 18.2 Å². The zero-order valence-corrected chi connectivity index (χ0v) is 14.9. The third kappa shape index (κ3) is 4.92. The molecular formula is C20H14N2O7. The van der Waals surface area contributed by atoms with Crippen molar-refractivity contribution in [2.45, 2.75) is 6.61 Å². The average molecular weight is 394 g/mol. The van der Waals surface area contributed by atoms with E-state index in [2.05, 4.69) is 0 Å². The van der Waals surface area contributed by atoms with Crippen molar-refractivity contribution in [1.29, 1.82) is 0 Å². The van der Waals surface area contributed by atoms with E-state index in [0.717, 1.165) is 0 Å². The lowest BCUT2D eigenvalue weighted by atomic mass is 10.1. The fourth-order valence-electron chi connectivity index (χ4n) is 2.47. The SMILES string of the molecule is O=C(/C=C/c1ccc(COc2ccc([N+](=O)[O-])cc2)o1)c1ccccc1[N+](=O)[O-]. The summed E-state index contributed by atoms with van der Waals surface area (Å²) in [6, 6.07) is 14.6. The molecule has 3 rings (SSSR count). The highest BCUT2D eigenvalue weighted by molar-refractivity contribution is 6.09. The maximum absolute atomic E-state index is 12.2. The lowest BCUT2D eigenvalue weighted by Gasteiger charge is -2.03. The topological polar surface area (TPSA) is 126 Å². The molecule has 0 aliphatic rings. The molecule has 0 amide bonds. The van der Waals surface area contributed by atoms with Crippen LogP contribution in [0.1, 0.15) is 21.9 Å². The highest BCUT2D eigenvalue weighted by atomic mass is 16.6. The minimum absolute atomic E-state index is 0.0120. The summed E-state index contributed by atoms with van der Waals surface area (Å²) in [6.45, 7) is 0.0871. The Kier molecular flexibility index (Phi) is 5.79. The Hall–Kier alpha value is -4.27. The summed E-state index contributed by atoms with van der Waals surface area (Å²) in [6.07, 6.45) is 2.61. The van der Waals surface area contributed by atoms with Crippen LogP contribution in [-0.2, 0) is 6.61 Å². The van der Waals surface area contributed by atoms with Gasteiger partial charge in [0, 0.05) is 18.2 Å². The van der Waals surface area contributed by atoms with Gasteiger partial charge in [-0.2, -0.15) is 0 Å². The molecule has 0 saturated carbocycles. The molecule has 9 nitrogen and oxygen atoms in total. The molecule has 0 radical (unpaired) electrons. The van der Waals surface area contributed by atoms with Gasteiger partial charge in [0.2, 0.25) is 0 Å². The Morgan fingerprint density at radius 1 is 0.966 bits per heavy atom. The fourth-order valence-corrected chi connectivity index (χ4v) is 2.47. The number of carbonyl (C=O) groups is 1. The molecule has 0 fully saturated rings. The zero-order valence-electron chi connectivity index (χ0n) is 14.9. The number of allylic oxidation sites excluding steroid dienone is 1. The van der Waals surface area contributed by atoms with E-state index in [1.807, 2.05) is 0 Å². The van der Waals surface area contributed by atoms with Crippen LogP contribution in [0.15, 0.2) is 71.2 Å². The first kappa shape index (κ1) is 19.5. The van der Waals surface area contributed by atoms with Crippen LogP contribution in [0, 0.1) is 20.2 Å². The van der Waals surface area contributed by atoms with Gasteiger partial charge in [0.25, 0.3) is 11.4 Å². The number of hydrogen-bond donors (Lipinski definition) is 0. The van der Waals surface area contributed by atoms with Crippen LogP contribution in [0.3, 0.4) is 0 Å². The van der Waals surface area contributed by atoms with E-state index < -0.39 is 15.6 Å². The molecule has 29 heavy (non-hydrogen) atoms. The number of nitro benzene ring substituents is 2. The lowest BCUT2D eigenvalue weighted by Crippen LogP contribution is -2.00. The number of hydrogen-bond acceptors (Lipinski definition) is 7. The maximum Gasteiger partial charge on any atom is 0.280 e. The van der Waals surface area contributed by atoms with E-state index >= 15 is 0 Å². The molecule has 146 valence electrons. The lowest BCUT2D eigenvalue weighted by molar-refractivity contribution is -0.385. The van der Waals surface area contributed by atoms with Crippen LogP contribution in [0.5, 0.6) is 5.75 Å². The van der Waals surface area contributed by atoms with Crippen LogP contribution in [-0.4, -0.2) is 15.6 Å². The normalized spacial score (nSPS) is 10.8. The minimum atomic E-state index is -0.610. The third-order valence-corrected chi connectivity index (χ3v) is 3.88. The quantitative estimate of drug-likeness (QED) is 0.237. The molecule has 1 heterocycles. The van der Waals surface area contributed by atoms with E-state index in [-0.39, 0.29) is 23.5 Å². The summed E-state index contributed by atoms with van der Waals surface area (Å²) in [4.78, 5) is 32.8. The summed E-state index contributed by atoms with van der Waals surface area (Å²) in [7, 11) is 0. The molecule has 9 heteroatoms. The summed E-state index contributed by atoms with van der Waals surface area (Å²) in [5.74, 6) is 0.772. The number of rotatable bonds is 8. The first-order chi connectivity index (χ1) is 13.9. The van der Waals surface area contributed by atoms with E-state index in [9.17, 15) is 25.0 Å². The van der Waals surface area contributed by atoms with Gasteiger partial charge < -0.3 is 9.15 Å². The van der Waals surface area contributed by atoms with Crippen LogP contribution in [0.25, 0.3) is 6.08 Å². The summed E-state index contributed by atoms with van der Waals surface area (Å²) < 4.78 is 11.0. The molecule has 0 aliphatic carbocycles. The van der Waals surface area contributed by atoms with Crippen molar-refractivity contribution in [3.05, 3.63) is 104 Å². The van der Waals surface area contributed by atoms with Crippen molar-refractivity contribution < 1.29 is 23.8 Å². The first-order valence-corrected chi connectivity index (χ1v) is 8.36. The Morgan fingerprint density at radius 2 is 1.69 bits per heavy atom. The van der Waals surface area contributed by atoms with Crippen molar-refractivity contribution in [2.24, 2.45) is 0 Å².